The van der Waals surface area contributed by atoms with Gasteiger partial charge in [-0.15, -0.1) is 13.2 Å². The smallest absolute Gasteiger partial charge is 0.406 e. The summed E-state index contributed by atoms with van der Waals surface area (Å²) >= 11 is 0. The van der Waals surface area contributed by atoms with Crippen molar-refractivity contribution in [3.8, 4) is 5.75 Å². The molecule has 0 bridgehead atoms. The van der Waals surface area contributed by atoms with Crippen molar-refractivity contribution >= 4 is 23.4 Å². The Labute approximate surface area is 191 Å². The summed E-state index contributed by atoms with van der Waals surface area (Å²) in [7, 11) is 1.76. The van der Waals surface area contributed by atoms with E-state index in [9.17, 15) is 22.4 Å². The number of piperidine rings is 1. The zero-order valence-electron chi connectivity index (χ0n) is 18.0. The fourth-order valence-corrected chi connectivity index (χ4v) is 3.78. The van der Waals surface area contributed by atoms with E-state index in [1.807, 2.05) is 0 Å². The van der Waals surface area contributed by atoms with Crippen molar-refractivity contribution in [1.82, 2.24) is 24.6 Å². The van der Waals surface area contributed by atoms with E-state index in [1.54, 1.807) is 24.0 Å². The van der Waals surface area contributed by atoms with E-state index in [1.165, 1.54) is 11.0 Å². The maximum absolute atomic E-state index is 14.5. The van der Waals surface area contributed by atoms with Gasteiger partial charge in [-0.1, -0.05) is 0 Å². The summed E-state index contributed by atoms with van der Waals surface area (Å²) in [5, 5.41) is 7.10. The molecule has 1 aliphatic rings. The van der Waals surface area contributed by atoms with Crippen LogP contribution in [0.3, 0.4) is 0 Å². The minimum atomic E-state index is -4.86. The molecule has 3 N–H and O–H groups in total. The van der Waals surface area contributed by atoms with Gasteiger partial charge in [0.2, 0.25) is 5.95 Å². The first-order valence-corrected chi connectivity index (χ1v) is 10.3. The largest absolute Gasteiger partial charge is 0.573 e. The minimum absolute atomic E-state index is 0.0723. The van der Waals surface area contributed by atoms with Crippen LogP contribution >= 0.6 is 0 Å². The van der Waals surface area contributed by atoms with Crippen molar-refractivity contribution in [2.75, 3.05) is 24.1 Å². The number of nitrogens with two attached hydrogens (primary N) is 1. The lowest BCUT2D eigenvalue weighted by atomic mass is 9.92. The Morgan fingerprint density at radius 3 is 2.59 bits per heavy atom. The van der Waals surface area contributed by atoms with Crippen LogP contribution in [0.1, 0.15) is 34.8 Å². The zero-order chi connectivity index (χ0) is 24.5. The molecule has 4 rings (SSSR count). The van der Waals surface area contributed by atoms with Gasteiger partial charge in [-0.3, -0.25) is 9.48 Å². The van der Waals surface area contributed by atoms with Gasteiger partial charge >= 0.3 is 6.36 Å². The molecule has 0 radical (unpaired) electrons. The number of ether oxygens (including phenoxy) is 1. The van der Waals surface area contributed by atoms with Gasteiger partial charge in [0.1, 0.15) is 5.75 Å². The Morgan fingerprint density at radius 1 is 1.24 bits per heavy atom. The van der Waals surface area contributed by atoms with Crippen LogP contribution in [0.15, 0.2) is 36.7 Å². The summed E-state index contributed by atoms with van der Waals surface area (Å²) < 4.78 is 57.0. The summed E-state index contributed by atoms with van der Waals surface area (Å²) in [5.41, 5.74) is 5.98. The van der Waals surface area contributed by atoms with Crippen molar-refractivity contribution in [2.24, 2.45) is 7.05 Å². The average molecular weight is 479 g/mol. The summed E-state index contributed by atoms with van der Waals surface area (Å²) in [4.78, 5) is 22.6. The van der Waals surface area contributed by atoms with Crippen LogP contribution in [0.25, 0.3) is 0 Å². The lowest BCUT2D eigenvalue weighted by molar-refractivity contribution is -0.274. The third-order valence-electron chi connectivity index (χ3n) is 5.38. The number of nitrogen functional groups attached to an aromatic ring is 1. The van der Waals surface area contributed by atoms with Gasteiger partial charge in [-0.2, -0.15) is 5.10 Å². The van der Waals surface area contributed by atoms with Gasteiger partial charge in [-0.25, -0.2) is 14.4 Å². The molecule has 1 fully saturated rings. The summed E-state index contributed by atoms with van der Waals surface area (Å²) in [5.74, 6) is -0.978. The highest BCUT2D eigenvalue weighted by molar-refractivity contribution is 5.99. The van der Waals surface area contributed by atoms with Gasteiger partial charge in [-0.05, 0) is 25.0 Å². The Kier molecular flexibility index (Phi) is 6.26. The fraction of sp³-hybridized carbons (Fsp3) is 0.333. The second-order valence-electron chi connectivity index (χ2n) is 7.79. The molecule has 0 atom stereocenters. The molecule has 0 unspecified atom stereocenters. The molecular weight excluding hydrogens is 458 g/mol. The molecule has 13 heteroatoms. The first-order chi connectivity index (χ1) is 16.1. The topological polar surface area (TPSA) is 111 Å². The number of aromatic nitrogens is 4. The maximum atomic E-state index is 14.5. The number of carbonyl (C=O) groups excluding carboxylic acids is 1. The molecule has 34 heavy (non-hydrogen) atoms. The second kappa shape index (κ2) is 9.15. The van der Waals surface area contributed by atoms with E-state index >= 15 is 0 Å². The molecule has 0 aliphatic carbocycles. The van der Waals surface area contributed by atoms with Gasteiger partial charge < -0.3 is 20.7 Å². The molecular formula is C21H21F4N7O2. The molecule has 1 aliphatic heterocycles. The molecule has 9 nitrogen and oxygen atoms in total. The maximum Gasteiger partial charge on any atom is 0.573 e. The summed E-state index contributed by atoms with van der Waals surface area (Å²) in [6.07, 6.45) is -1.14. The van der Waals surface area contributed by atoms with E-state index in [4.69, 9.17) is 5.73 Å². The van der Waals surface area contributed by atoms with Crippen LogP contribution < -0.4 is 15.8 Å². The molecule has 0 spiro atoms. The molecule has 1 aromatic carbocycles. The van der Waals surface area contributed by atoms with Gasteiger partial charge in [0.25, 0.3) is 5.91 Å². The van der Waals surface area contributed by atoms with Crippen molar-refractivity contribution in [3.63, 3.8) is 0 Å². The number of amides is 1. The van der Waals surface area contributed by atoms with Crippen molar-refractivity contribution < 1.29 is 27.1 Å². The van der Waals surface area contributed by atoms with Crippen molar-refractivity contribution in [2.45, 2.75) is 25.1 Å². The highest BCUT2D eigenvalue weighted by Crippen LogP contribution is 2.31. The lowest BCUT2D eigenvalue weighted by Gasteiger charge is -2.32. The Balaban J connectivity index is 1.41. The predicted molar refractivity (Wildman–Crippen MR) is 114 cm³/mol. The number of anilines is 3. The molecule has 1 amide bonds. The lowest BCUT2D eigenvalue weighted by Crippen LogP contribution is -2.38. The van der Waals surface area contributed by atoms with Crippen LogP contribution in [0.4, 0.5) is 35.0 Å². The number of hydrogen-bond donors (Lipinski definition) is 2. The number of nitrogens with zero attached hydrogens (tertiary/aromatic N) is 5. The van der Waals surface area contributed by atoms with Crippen LogP contribution in [-0.4, -0.2) is 50.0 Å². The van der Waals surface area contributed by atoms with E-state index < -0.39 is 23.8 Å². The number of nitrogens with one attached hydrogen (secondary N) is 1. The van der Waals surface area contributed by atoms with Gasteiger partial charge in [0.15, 0.2) is 11.6 Å². The predicted octanol–water partition coefficient (Wildman–Crippen LogP) is 3.59. The van der Waals surface area contributed by atoms with Crippen LogP contribution in [0.5, 0.6) is 5.75 Å². The standard InChI is InChI=1S/C21H21F4N7O2/c1-31-7-6-17(30-31)28-20-27-11-15(22)18(29-20)12-4-8-32(9-5-12)19(33)14-3-2-13(10-16(14)26)34-21(23,24)25/h2-3,6-7,10-12H,4-5,8-9,26H2,1H3,(H,27,28,29,30). The number of carbonyl (C=O) groups is 1. The molecule has 1 saturated heterocycles. The summed E-state index contributed by atoms with van der Waals surface area (Å²) in [6.45, 7) is 0.604. The SMILES string of the molecule is Cn1ccc(Nc2ncc(F)c(C3CCN(C(=O)c4ccc(OC(F)(F)F)cc4N)CC3)n2)n1. The highest BCUT2D eigenvalue weighted by atomic mass is 19.4. The third kappa shape index (κ3) is 5.35. The van der Waals surface area contributed by atoms with Crippen LogP contribution in [0.2, 0.25) is 0 Å². The number of halogens is 4. The normalized spacial score (nSPS) is 14.8. The molecule has 3 aromatic rings. The third-order valence-corrected chi connectivity index (χ3v) is 5.38. The van der Waals surface area contributed by atoms with E-state index in [0.29, 0.717) is 31.7 Å². The highest BCUT2D eigenvalue weighted by Gasteiger charge is 2.32. The molecule has 2 aromatic heterocycles. The quantitative estimate of drug-likeness (QED) is 0.425. The van der Waals surface area contributed by atoms with E-state index in [0.717, 1.165) is 18.3 Å². The van der Waals surface area contributed by atoms with E-state index in [2.05, 4.69) is 25.1 Å². The Morgan fingerprint density at radius 2 is 1.97 bits per heavy atom. The first-order valence-electron chi connectivity index (χ1n) is 10.3. The van der Waals surface area contributed by atoms with E-state index in [-0.39, 0.29) is 28.8 Å². The average Bonchev–Trinajstić information content (AvgIpc) is 3.18. The number of likely N-dealkylation sites (tertiary alicyclic amines) is 1. The summed E-state index contributed by atoms with van der Waals surface area (Å²) in [6, 6.07) is 4.92. The molecule has 0 saturated carbocycles. The minimum Gasteiger partial charge on any atom is -0.406 e. The number of hydrogen-bond acceptors (Lipinski definition) is 7. The fourth-order valence-electron chi connectivity index (χ4n) is 3.78. The number of benzene rings is 1. The number of rotatable bonds is 5. The van der Waals surface area contributed by atoms with Crippen molar-refractivity contribution in [1.29, 1.82) is 0 Å². The van der Waals surface area contributed by atoms with Gasteiger partial charge in [0.05, 0.1) is 17.5 Å². The first kappa shape index (κ1) is 23.3. The van der Waals surface area contributed by atoms with Crippen LogP contribution in [0, 0.1) is 5.82 Å². The zero-order valence-corrected chi connectivity index (χ0v) is 18.0. The van der Waals surface area contributed by atoms with Crippen molar-refractivity contribution in [3.05, 3.63) is 53.7 Å². The number of alkyl halides is 3. The molecule has 3 heterocycles. The van der Waals surface area contributed by atoms with Gasteiger partial charge in [0, 0.05) is 50.1 Å². The Hall–Kier alpha value is -3.90. The second-order valence-corrected chi connectivity index (χ2v) is 7.79. The monoisotopic (exact) mass is 479 g/mol. The van der Waals surface area contributed by atoms with Crippen LogP contribution in [-0.2, 0) is 7.05 Å². The Bertz CT molecular complexity index is 1190. The molecule has 180 valence electrons. The number of aryl methyl sites for hydroxylation is 1.